The summed E-state index contributed by atoms with van der Waals surface area (Å²) >= 11 is 0. The van der Waals surface area contributed by atoms with Crippen molar-refractivity contribution in [3.63, 3.8) is 0 Å². The van der Waals surface area contributed by atoms with Crippen molar-refractivity contribution in [2.24, 2.45) is 5.92 Å². The summed E-state index contributed by atoms with van der Waals surface area (Å²) in [6.07, 6.45) is 2.80. The predicted molar refractivity (Wildman–Crippen MR) is 93.9 cm³/mol. The van der Waals surface area contributed by atoms with Gasteiger partial charge in [0.15, 0.2) is 0 Å². The minimum absolute atomic E-state index is 0.0355. The summed E-state index contributed by atoms with van der Waals surface area (Å²) in [6.45, 7) is 4.40. The van der Waals surface area contributed by atoms with E-state index in [2.05, 4.69) is 20.8 Å². The van der Waals surface area contributed by atoms with Crippen LogP contribution in [0.25, 0.3) is 5.69 Å². The van der Waals surface area contributed by atoms with Gasteiger partial charge in [0.2, 0.25) is 15.9 Å². The van der Waals surface area contributed by atoms with Crippen molar-refractivity contribution >= 4 is 15.9 Å². The third kappa shape index (κ3) is 3.91. The van der Waals surface area contributed by atoms with Crippen LogP contribution in [0, 0.1) is 5.92 Å². The summed E-state index contributed by atoms with van der Waals surface area (Å²) in [5.41, 5.74) is 0.668. The summed E-state index contributed by atoms with van der Waals surface area (Å²) in [4.78, 5) is 12.4. The summed E-state index contributed by atoms with van der Waals surface area (Å²) in [5.74, 6) is -0.407. The van der Waals surface area contributed by atoms with Crippen molar-refractivity contribution in [3.8, 4) is 5.69 Å². The van der Waals surface area contributed by atoms with E-state index in [1.165, 1.54) is 27.4 Å². The van der Waals surface area contributed by atoms with Crippen LogP contribution < -0.4 is 5.32 Å². The van der Waals surface area contributed by atoms with Gasteiger partial charge in [0.25, 0.3) is 0 Å². The first-order valence-electron chi connectivity index (χ1n) is 8.52. The average Bonchev–Trinajstić information content (AvgIpc) is 3.16. The van der Waals surface area contributed by atoms with E-state index in [1.54, 1.807) is 12.1 Å². The van der Waals surface area contributed by atoms with Gasteiger partial charge in [0.05, 0.1) is 16.5 Å². The molecule has 10 heteroatoms. The first-order chi connectivity index (χ1) is 12.4. The van der Waals surface area contributed by atoms with Crippen molar-refractivity contribution in [1.82, 2.24) is 29.8 Å². The van der Waals surface area contributed by atoms with Crippen LogP contribution in [0.2, 0.25) is 0 Å². The van der Waals surface area contributed by atoms with E-state index in [1.807, 2.05) is 13.8 Å². The van der Waals surface area contributed by atoms with Crippen molar-refractivity contribution in [2.45, 2.75) is 37.6 Å². The van der Waals surface area contributed by atoms with Crippen molar-refractivity contribution < 1.29 is 13.2 Å². The highest BCUT2D eigenvalue weighted by Crippen LogP contribution is 2.24. The highest BCUT2D eigenvalue weighted by atomic mass is 32.2. The van der Waals surface area contributed by atoms with E-state index in [-0.39, 0.29) is 29.3 Å². The van der Waals surface area contributed by atoms with Gasteiger partial charge in [-0.05, 0) is 61.4 Å². The topological polar surface area (TPSA) is 110 Å². The lowest BCUT2D eigenvalue weighted by molar-refractivity contribution is -0.126. The number of hydrogen-bond acceptors (Lipinski definition) is 6. The zero-order valence-corrected chi connectivity index (χ0v) is 15.6. The van der Waals surface area contributed by atoms with Gasteiger partial charge in [0.1, 0.15) is 6.33 Å². The number of nitrogens with one attached hydrogen (secondary N) is 1. The number of benzene rings is 1. The molecule has 9 nitrogen and oxygen atoms in total. The van der Waals surface area contributed by atoms with E-state index >= 15 is 0 Å². The molecule has 2 aromatic rings. The van der Waals surface area contributed by atoms with Crippen LogP contribution in [0.4, 0.5) is 0 Å². The first kappa shape index (κ1) is 18.5. The molecule has 26 heavy (non-hydrogen) atoms. The Balaban J connectivity index is 1.75. The quantitative estimate of drug-likeness (QED) is 0.815. The minimum atomic E-state index is -3.65. The normalized spacial score (nSPS) is 18.8. The monoisotopic (exact) mass is 378 g/mol. The number of carbonyl (C=O) groups is 1. The molecule has 1 amide bonds. The standard InChI is InChI=1S/C16H22N6O3S/c1-12(2)18-16(23)13-4-3-9-21(10-13)26(24,25)15-7-5-14(6-8-15)22-11-17-19-20-22/h5-8,11-13H,3-4,9-10H2,1-2H3,(H,18,23)/t13-/m1/s1. The Labute approximate surface area is 152 Å². The maximum absolute atomic E-state index is 12.9. The second kappa shape index (κ2) is 7.50. The number of nitrogens with zero attached hydrogens (tertiary/aromatic N) is 5. The van der Waals surface area contributed by atoms with E-state index in [9.17, 15) is 13.2 Å². The van der Waals surface area contributed by atoms with Crippen molar-refractivity contribution in [3.05, 3.63) is 30.6 Å². The third-order valence-corrected chi connectivity index (χ3v) is 6.15. The Morgan fingerprint density at radius 1 is 1.27 bits per heavy atom. The van der Waals surface area contributed by atoms with E-state index in [4.69, 9.17) is 0 Å². The first-order valence-corrected chi connectivity index (χ1v) is 9.96. The zero-order chi connectivity index (χ0) is 18.7. The van der Waals surface area contributed by atoms with Crippen LogP contribution >= 0.6 is 0 Å². The number of piperidine rings is 1. The van der Waals surface area contributed by atoms with Crippen LogP contribution in [0.1, 0.15) is 26.7 Å². The number of amides is 1. The SMILES string of the molecule is CC(C)NC(=O)[C@@H]1CCCN(S(=O)(=O)c2ccc(-n3cnnn3)cc2)C1. The molecule has 1 aromatic carbocycles. The van der Waals surface area contributed by atoms with E-state index < -0.39 is 10.0 Å². The molecule has 1 saturated heterocycles. The number of tetrazole rings is 1. The van der Waals surface area contributed by atoms with Crippen LogP contribution in [0.3, 0.4) is 0 Å². The molecule has 1 aromatic heterocycles. The molecule has 1 fully saturated rings. The van der Waals surface area contributed by atoms with E-state index in [0.717, 1.165) is 0 Å². The predicted octanol–water partition coefficient (Wildman–Crippen LogP) is 0.588. The summed E-state index contributed by atoms with van der Waals surface area (Å²) in [5, 5.41) is 13.8. The molecule has 0 radical (unpaired) electrons. The van der Waals surface area contributed by atoms with Crippen molar-refractivity contribution in [2.75, 3.05) is 13.1 Å². The lowest BCUT2D eigenvalue weighted by Crippen LogP contribution is -2.46. The number of hydrogen-bond donors (Lipinski definition) is 1. The maximum Gasteiger partial charge on any atom is 0.243 e. The molecule has 140 valence electrons. The highest BCUT2D eigenvalue weighted by Gasteiger charge is 2.33. The fourth-order valence-corrected chi connectivity index (χ4v) is 4.50. The van der Waals surface area contributed by atoms with Gasteiger partial charge in [-0.15, -0.1) is 5.10 Å². The maximum atomic E-state index is 12.9. The lowest BCUT2D eigenvalue weighted by atomic mass is 9.98. The molecule has 1 aliphatic heterocycles. The molecule has 0 saturated carbocycles. The van der Waals surface area contributed by atoms with Gasteiger partial charge < -0.3 is 5.32 Å². The number of aromatic nitrogens is 4. The van der Waals surface area contributed by atoms with Gasteiger partial charge in [-0.3, -0.25) is 4.79 Å². The summed E-state index contributed by atoms with van der Waals surface area (Å²) < 4.78 is 28.7. The molecular weight excluding hydrogens is 356 g/mol. The van der Waals surface area contributed by atoms with Gasteiger partial charge in [-0.25, -0.2) is 13.1 Å². The number of rotatable bonds is 5. The number of sulfonamides is 1. The van der Waals surface area contributed by atoms with Gasteiger partial charge in [-0.2, -0.15) is 4.31 Å². The van der Waals surface area contributed by atoms with Gasteiger partial charge >= 0.3 is 0 Å². The highest BCUT2D eigenvalue weighted by molar-refractivity contribution is 7.89. The molecule has 2 heterocycles. The Morgan fingerprint density at radius 2 is 2.00 bits per heavy atom. The summed E-state index contributed by atoms with van der Waals surface area (Å²) in [7, 11) is -3.65. The molecule has 0 bridgehead atoms. The van der Waals surface area contributed by atoms with E-state index in [0.29, 0.717) is 25.1 Å². The third-order valence-electron chi connectivity index (χ3n) is 4.27. The average molecular weight is 378 g/mol. The molecule has 0 unspecified atom stereocenters. The molecule has 0 aliphatic carbocycles. The smallest absolute Gasteiger partial charge is 0.243 e. The molecule has 3 rings (SSSR count). The zero-order valence-electron chi connectivity index (χ0n) is 14.7. The van der Waals surface area contributed by atoms with Gasteiger partial charge in [0, 0.05) is 19.1 Å². The minimum Gasteiger partial charge on any atom is -0.354 e. The lowest BCUT2D eigenvalue weighted by Gasteiger charge is -2.31. The largest absolute Gasteiger partial charge is 0.354 e. The Kier molecular flexibility index (Phi) is 5.33. The molecular formula is C16H22N6O3S. The second-order valence-electron chi connectivity index (χ2n) is 6.61. The molecule has 1 atom stereocenters. The summed E-state index contributed by atoms with van der Waals surface area (Å²) in [6, 6.07) is 6.40. The Morgan fingerprint density at radius 3 is 2.62 bits per heavy atom. The van der Waals surface area contributed by atoms with Crippen LogP contribution in [-0.2, 0) is 14.8 Å². The molecule has 1 aliphatic rings. The Hall–Kier alpha value is -2.33. The van der Waals surface area contributed by atoms with Crippen LogP contribution in [0.5, 0.6) is 0 Å². The van der Waals surface area contributed by atoms with Crippen LogP contribution in [-0.4, -0.2) is 58.0 Å². The van der Waals surface area contributed by atoms with Crippen LogP contribution in [0.15, 0.2) is 35.5 Å². The fourth-order valence-electron chi connectivity index (χ4n) is 2.98. The number of carbonyl (C=O) groups excluding carboxylic acids is 1. The van der Waals surface area contributed by atoms with Gasteiger partial charge in [-0.1, -0.05) is 0 Å². The fraction of sp³-hybridized carbons (Fsp3) is 0.500. The Bertz CT molecular complexity index is 849. The van der Waals surface area contributed by atoms with Crippen molar-refractivity contribution in [1.29, 1.82) is 0 Å². The molecule has 0 spiro atoms. The molecule has 1 N–H and O–H groups in total. The second-order valence-corrected chi connectivity index (χ2v) is 8.55.